The molecule has 0 saturated carbocycles. The van der Waals surface area contributed by atoms with Crippen LogP contribution in [0.4, 0.5) is 9.18 Å². The first kappa shape index (κ1) is 43.7. The first-order chi connectivity index (χ1) is 25.4. The van der Waals surface area contributed by atoms with Crippen LogP contribution in [0.2, 0.25) is 0 Å². The number of halogens is 1. The van der Waals surface area contributed by atoms with Gasteiger partial charge in [-0.3, -0.25) is 19.4 Å². The minimum Gasteiger partial charge on any atom is -0.491 e. The van der Waals surface area contributed by atoms with E-state index in [1.807, 2.05) is 26.8 Å². The van der Waals surface area contributed by atoms with Crippen LogP contribution in [0, 0.1) is 23.7 Å². The maximum atomic E-state index is 13.6. The van der Waals surface area contributed by atoms with Crippen LogP contribution < -0.4 is 10.1 Å². The molecule has 1 N–H and O–H groups in total. The summed E-state index contributed by atoms with van der Waals surface area (Å²) in [6.07, 6.45) is 6.67. The molecular formula is C42H59FN4O7. The highest BCUT2D eigenvalue weighted by Gasteiger charge is 2.32. The van der Waals surface area contributed by atoms with Crippen molar-refractivity contribution in [1.29, 1.82) is 0 Å². The van der Waals surface area contributed by atoms with Gasteiger partial charge >= 0.3 is 12.1 Å². The number of piperidine rings is 2. The normalized spacial score (nSPS) is 17.6. The van der Waals surface area contributed by atoms with E-state index in [1.165, 1.54) is 6.21 Å². The molecule has 2 atom stereocenters. The number of alkyl halides is 1. The third-order valence-corrected chi connectivity index (χ3v) is 8.82. The van der Waals surface area contributed by atoms with Gasteiger partial charge in [-0.2, -0.15) is 0 Å². The fourth-order valence-electron chi connectivity index (χ4n) is 6.11. The quantitative estimate of drug-likeness (QED) is 0.134. The van der Waals surface area contributed by atoms with Crippen LogP contribution in [0.3, 0.4) is 0 Å². The number of nitrogens with one attached hydrogen (secondary N) is 1. The molecule has 0 unspecified atom stereocenters. The molecule has 3 amide bonds. The summed E-state index contributed by atoms with van der Waals surface area (Å²) in [4.78, 5) is 60.0. The first-order valence-corrected chi connectivity index (χ1v) is 18.9. The minimum atomic E-state index is -0.777. The number of esters is 1. The third-order valence-electron chi connectivity index (χ3n) is 8.82. The van der Waals surface area contributed by atoms with Crippen molar-refractivity contribution in [2.45, 2.75) is 111 Å². The van der Waals surface area contributed by atoms with Crippen molar-refractivity contribution in [2.24, 2.45) is 16.8 Å². The Balaban J connectivity index is 1.58. The highest BCUT2D eigenvalue weighted by Crippen LogP contribution is 2.25. The number of rotatable bonds is 13. The number of likely N-dealkylation sites (tertiary alicyclic amines) is 2. The lowest BCUT2D eigenvalue weighted by Gasteiger charge is -2.35. The second-order valence-electron chi connectivity index (χ2n) is 16.0. The molecule has 296 valence electrons. The van der Waals surface area contributed by atoms with Crippen LogP contribution in [-0.4, -0.2) is 96.6 Å². The number of ether oxygens (including phenoxy) is 3. The molecule has 0 radical (unpaired) electrons. The molecule has 0 bridgehead atoms. The molecule has 54 heavy (non-hydrogen) atoms. The number of nitrogens with zero attached hydrogens (tertiary/aromatic N) is 3. The molecule has 3 rings (SSSR count). The summed E-state index contributed by atoms with van der Waals surface area (Å²) >= 11 is 0. The smallest absolute Gasteiger partial charge is 0.410 e. The molecule has 11 nitrogen and oxygen atoms in total. The lowest BCUT2D eigenvalue weighted by atomic mass is 9.91. The summed E-state index contributed by atoms with van der Waals surface area (Å²) in [6, 6.07) is 6.29. The Morgan fingerprint density at radius 2 is 1.74 bits per heavy atom. The molecule has 1 aromatic rings. The van der Waals surface area contributed by atoms with E-state index in [9.17, 15) is 23.6 Å². The monoisotopic (exact) mass is 750 g/mol. The standard InChI is InChI=1S/C42H59FN4O7/c1-30(14-15-33-11-9-13-35(25-33)52-24-20-43)27-44-28-31(2)36(26-38(49)53-41(3,4)5)45-39(50)34-12-10-21-47(29-34)37(48)17-16-32-18-22-46(23-19-32)40(51)54-42(6,7)8/h9,11,13,25,27-28,32,34,36H,2,10,12,16-24,26,29H2,1,3-8H3,(H,45,50)/b30-27+,44-28-/t34-,36+/m1/s1. The first-order valence-electron chi connectivity index (χ1n) is 18.9. The number of aliphatic imine (C=N–C) groups is 1. The maximum absolute atomic E-state index is 13.6. The highest BCUT2D eigenvalue weighted by atomic mass is 19.1. The Morgan fingerprint density at radius 3 is 2.41 bits per heavy atom. The van der Waals surface area contributed by atoms with Crippen molar-refractivity contribution in [3.05, 3.63) is 53.8 Å². The van der Waals surface area contributed by atoms with Crippen LogP contribution in [-0.2, 0) is 23.9 Å². The number of hydrogen-bond acceptors (Lipinski definition) is 8. The summed E-state index contributed by atoms with van der Waals surface area (Å²) < 4.78 is 28.8. The molecule has 0 aliphatic carbocycles. The number of amides is 3. The fourth-order valence-corrected chi connectivity index (χ4v) is 6.11. The SMILES string of the molecule is C=C(/C=N\C=C(/C)C#Cc1cccc(OCCF)c1)[C@H](CC(=O)OC(C)(C)C)NC(=O)[C@@H]1CCCN(C(=O)CCC2CCN(C(=O)OC(C)(C)C)CC2)C1. The second-order valence-corrected chi connectivity index (χ2v) is 16.0. The van der Waals surface area contributed by atoms with Gasteiger partial charge in [0.1, 0.15) is 30.2 Å². The fraction of sp³-hybridized carbons (Fsp3) is 0.595. The van der Waals surface area contributed by atoms with Gasteiger partial charge in [0.15, 0.2) is 0 Å². The minimum absolute atomic E-state index is 0.0204. The molecule has 2 aliphatic rings. The summed E-state index contributed by atoms with van der Waals surface area (Å²) in [5, 5.41) is 2.98. The van der Waals surface area contributed by atoms with Crippen LogP contribution in [0.15, 0.2) is 53.2 Å². The van der Waals surface area contributed by atoms with Crippen molar-refractivity contribution in [3.8, 4) is 17.6 Å². The van der Waals surface area contributed by atoms with Gasteiger partial charge in [-0.15, -0.1) is 0 Å². The van der Waals surface area contributed by atoms with Gasteiger partial charge in [-0.25, -0.2) is 9.18 Å². The van der Waals surface area contributed by atoms with E-state index in [0.717, 1.165) is 19.3 Å². The zero-order chi connectivity index (χ0) is 39.9. The van der Waals surface area contributed by atoms with E-state index in [4.69, 9.17) is 14.2 Å². The van der Waals surface area contributed by atoms with E-state index in [-0.39, 0.29) is 30.9 Å². The van der Waals surface area contributed by atoms with Gasteiger partial charge in [-0.05, 0) is 110 Å². The molecule has 2 saturated heterocycles. The number of carbonyl (C=O) groups excluding carboxylic acids is 4. The predicted octanol–water partition coefficient (Wildman–Crippen LogP) is 6.80. The highest BCUT2D eigenvalue weighted by molar-refractivity contribution is 5.87. The molecule has 0 aromatic heterocycles. The summed E-state index contributed by atoms with van der Waals surface area (Å²) in [6.45, 7) is 18.3. The molecule has 2 heterocycles. The Bertz CT molecular complexity index is 1590. The zero-order valence-corrected chi connectivity index (χ0v) is 33.2. The Kier molecular flexibility index (Phi) is 16.8. The van der Waals surface area contributed by atoms with E-state index < -0.39 is 35.8 Å². The molecule has 2 aliphatic heterocycles. The molecule has 2 fully saturated rings. The van der Waals surface area contributed by atoms with E-state index >= 15 is 0 Å². The molecule has 1 aromatic carbocycles. The number of hydrogen-bond donors (Lipinski definition) is 1. The summed E-state index contributed by atoms with van der Waals surface area (Å²) in [5.41, 5.74) is 0.514. The zero-order valence-electron chi connectivity index (χ0n) is 33.2. The number of allylic oxidation sites excluding steroid dienone is 1. The Morgan fingerprint density at radius 1 is 1.04 bits per heavy atom. The van der Waals surface area contributed by atoms with Crippen LogP contribution in [0.5, 0.6) is 5.75 Å². The number of benzene rings is 1. The van der Waals surface area contributed by atoms with Crippen molar-refractivity contribution < 1.29 is 37.8 Å². The summed E-state index contributed by atoms with van der Waals surface area (Å²) in [5.74, 6) is 5.74. The lowest BCUT2D eigenvalue weighted by molar-refractivity contribution is -0.155. The van der Waals surface area contributed by atoms with Gasteiger partial charge in [0, 0.05) is 56.2 Å². The van der Waals surface area contributed by atoms with Gasteiger partial charge in [0.05, 0.1) is 18.4 Å². The van der Waals surface area contributed by atoms with Gasteiger partial charge in [0.2, 0.25) is 11.8 Å². The largest absolute Gasteiger partial charge is 0.491 e. The topological polar surface area (TPSA) is 127 Å². The summed E-state index contributed by atoms with van der Waals surface area (Å²) in [7, 11) is 0. The second kappa shape index (κ2) is 20.7. The average molecular weight is 751 g/mol. The lowest BCUT2D eigenvalue weighted by Crippen LogP contribution is -2.48. The van der Waals surface area contributed by atoms with Crippen molar-refractivity contribution >= 4 is 30.1 Å². The molecule has 0 spiro atoms. The maximum Gasteiger partial charge on any atom is 0.410 e. The van der Waals surface area contributed by atoms with Gasteiger partial charge in [0.25, 0.3) is 0 Å². The van der Waals surface area contributed by atoms with Gasteiger partial charge in [-0.1, -0.05) is 24.5 Å². The van der Waals surface area contributed by atoms with Crippen molar-refractivity contribution in [2.75, 3.05) is 39.5 Å². The van der Waals surface area contributed by atoms with E-state index in [1.54, 1.807) is 61.9 Å². The third kappa shape index (κ3) is 16.1. The van der Waals surface area contributed by atoms with E-state index in [0.29, 0.717) is 73.8 Å². The van der Waals surface area contributed by atoms with Crippen LogP contribution >= 0.6 is 0 Å². The predicted molar refractivity (Wildman–Crippen MR) is 208 cm³/mol. The van der Waals surface area contributed by atoms with Crippen LogP contribution in [0.1, 0.15) is 99.0 Å². The Labute approximate surface area is 320 Å². The van der Waals surface area contributed by atoms with E-state index in [2.05, 4.69) is 28.7 Å². The van der Waals surface area contributed by atoms with Crippen LogP contribution in [0.25, 0.3) is 0 Å². The Hall–Kier alpha value is -4.66. The van der Waals surface area contributed by atoms with Crippen molar-refractivity contribution in [3.63, 3.8) is 0 Å². The molecule has 12 heteroatoms. The number of carbonyl (C=O) groups is 4. The molecular weight excluding hydrogens is 691 g/mol. The van der Waals surface area contributed by atoms with Gasteiger partial charge < -0.3 is 29.3 Å². The average Bonchev–Trinajstić information content (AvgIpc) is 3.10. The van der Waals surface area contributed by atoms with Crippen molar-refractivity contribution in [1.82, 2.24) is 15.1 Å².